The third-order valence-corrected chi connectivity index (χ3v) is 4.48. The molecule has 0 aromatic heterocycles. The minimum atomic E-state index is -0.132. The molecule has 1 aromatic rings. The summed E-state index contributed by atoms with van der Waals surface area (Å²) in [6, 6.07) is 5.14. The van der Waals surface area contributed by atoms with Crippen molar-refractivity contribution in [3.05, 3.63) is 28.8 Å². The smallest absolute Gasteiger partial charge is 0.252 e. The summed E-state index contributed by atoms with van der Waals surface area (Å²) < 4.78 is 0. The molecule has 1 aromatic carbocycles. The molecule has 0 aliphatic heterocycles. The number of nitrogens with one attached hydrogen (secondary N) is 1. The van der Waals surface area contributed by atoms with Gasteiger partial charge in [-0.3, -0.25) is 4.79 Å². The van der Waals surface area contributed by atoms with E-state index in [1.54, 1.807) is 18.2 Å². The molecule has 0 heterocycles. The van der Waals surface area contributed by atoms with Crippen molar-refractivity contribution in [2.75, 3.05) is 12.3 Å². The molecule has 2 rings (SSSR count). The van der Waals surface area contributed by atoms with Crippen molar-refractivity contribution in [2.24, 2.45) is 5.41 Å². The van der Waals surface area contributed by atoms with E-state index < -0.39 is 0 Å². The average Bonchev–Trinajstić information content (AvgIpc) is 2.31. The second-order valence-corrected chi connectivity index (χ2v) is 5.48. The largest absolute Gasteiger partial charge is 0.398 e. The highest BCUT2D eigenvalue weighted by atomic mass is 35.5. The van der Waals surface area contributed by atoms with E-state index in [-0.39, 0.29) is 5.91 Å². The molecule has 1 fully saturated rings. The molecular weight excluding hydrogens is 248 g/mol. The van der Waals surface area contributed by atoms with E-state index in [1.807, 2.05) is 0 Å². The fraction of sp³-hybridized carbons (Fsp3) is 0.500. The Balaban J connectivity index is 2.02. The monoisotopic (exact) mass is 266 g/mol. The second kappa shape index (κ2) is 5.19. The van der Waals surface area contributed by atoms with Gasteiger partial charge in [0.05, 0.1) is 16.3 Å². The molecule has 18 heavy (non-hydrogen) atoms. The fourth-order valence-corrected chi connectivity index (χ4v) is 2.63. The minimum Gasteiger partial charge on any atom is -0.398 e. The SMILES string of the molecule is CCC1(CNC(=O)c2cccc(N)c2Cl)CCC1. The maximum absolute atomic E-state index is 12.1. The Bertz CT molecular complexity index is 450. The molecule has 0 radical (unpaired) electrons. The van der Waals surface area contributed by atoms with Gasteiger partial charge < -0.3 is 11.1 Å². The highest BCUT2D eigenvalue weighted by molar-refractivity contribution is 6.36. The Kier molecular flexibility index (Phi) is 3.81. The number of hydrogen-bond donors (Lipinski definition) is 2. The maximum Gasteiger partial charge on any atom is 0.252 e. The predicted octanol–water partition coefficient (Wildman–Crippen LogP) is 3.23. The summed E-state index contributed by atoms with van der Waals surface area (Å²) in [6.45, 7) is 2.91. The molecule has 4 heteroatoms. The Morgan fingerprint density at radius 1 is 1.50 bits per heavy atom. The van der Waals surface area contributed by atoms with Crippen molar-refractivity contribution in [3.63, 3.8) is 0 Å². The first-order chi connectivity index (χ1) is 8.58. The molecule has 3 nitrogen and oxygen atoms in total. The van der Waals surface area contributed by atoms with Crippen molar-refractivity contribution in [1.29, 1.82) is 0 Å². The molecule has 3 N–H and O–H groups in total. The Morgan fingerprint density at radius 2 is 2.22 bits per heavy atom. The van der Waals surface area contributed by atoms with E-state index >= 15 is 0 Å². The molecule has 1 saturated carbocycles. The van der Waals surface area contributed by atoms with Gasteiger partial charge in [0.25, 0.3) is 5.91 Å². The van der Waals surface area contributed by atoms with Crippen LogP contribution in [0.4, 0.5) is 5.69 Å². The number of carbonyl (C=O) groups excluding carboxylic acids is 1. The van der Waals surface area contributed by atoms with Gasteiger partial charge in [0.1, 0.15) is 0 Å². The van der Waals surface area contributed by atoms with Crippen LogP contribution in [0.25, 0.3) is 0 Å². The molecular formula is C14H19ClN2O. The Labute approximate surface area is 113 Å². The van der Waals surface area contributed by atoms with E-state index in [4.69, 9.17) is 17.3 Å². The van der Waals surface area contributed by atoms with Crippen LogP contribution in [0.3, 0.4) is 0 Å². The van der Waals surface area contributed by atoms with Crippen LogP contribution in [-0.2, 0) is 0 Å². The first kappa shape index (κ1) is 13.2. The van der Waals surface area contributed by atoms with E-state index in [9.17, 15) is 4.79 Å². The van der Waals surface area contributed by atoms with Crippen LogP contribution >= 0.6 is 11.6 Å². The van der Waals surface area contributed by atoms with Gasteiger partial charge in [-0.05, 0) is 36.8 Å². The van der Waals surface area contributed by atoms with Crippen LogP contribution in [0.5, 0.6) is 0 Å². The number of halogens is 1. The lowest BCUT2D eigenvalue weighted by Crippen LogP contribution is -2.41. The first-order valence-corrected chi connectivity index (χ1v) is 6.78. The van der Waals surface area contributed by atoms with Crippen molar-refractivity contribution in [3.8, 4) is 0 Å². The molecule has 0 unspecified atom stereocenters. The van der Waals surface area contributed by atoms with Crippen LogP contribution in [0.2, 0.25) is 5.02 Å². The number of rotatable bonds is 4. The average molecular weight is 267 g/mol. The molecule has 0 atom stereocenters. The van der Waals surface area contributed by atoms with E-state index in [0.29, 0.717) is 21.7 Å². The lowest BCUT2D eigenvalue weighted by Gasteiger charge is -2.41. The van der Waals surface area contributed by atoms with Gasteiger partial charge in [0.15, 0.2) is 0 Å². The summed E-state index contributed by atoms with van der Waals surface area (Å²) in [4.78, 5) is 12.1. The number of carbonyl (C=O) groups is 1. The summed E-state index contributed by atoms with van der Waals surface area (Å²) in [5.41, 5.74) is 6.90. The number of anilines is 1. The Hall–Kier alpha value is -1.22. The molecule has 1 aliphatic carbocycles. The standard InChI is InChI=1S/C14H19ClN2O/c1-2-14(7-4-8-14)9-17-13(18)10-5-3-6-11(16)12(10)15/h3,5-6H,2,4,7-9,16H2,1H3,(H,17,18). The highest BCUT2D eigenvalue weighted by Gasteiger charge is 2.35. The van der Waals surface area contributed by atoms with Gasteiger partial charge in [-0.25, -0.2) is 0 Å². The molecule has 1 amide bonds. The second-order valence-electron chi connectivity index (χ2n) is 5.10. The lowest BCUT2D eigenvalue weighted by atomic mass is 9.67. The van der Waals surface area contributed by atoms with Gasteiger partial charge in [-0.1, -0.05) is 31.0 Å². The summed E-state index contributed by atoms with van der Waals surface area (Å²) >= 11 is 6.03. The van der Waals surface area contributed by atoms with Crippen LogP contribution in [0.1, 0.15) is 43.0 Å². The summed E-state index contributed by atoms with van der Waals surface area (Å²) in [5, 5.41) is 3.32. The number of nitrogens with two attached hydrogens (primary N) is 1. The van der Waals surface area contributed by atoms with Gasteiger partial charge in [0, 0.05) is 6.54 Å². The van der Waals surface area contributed by atoms with Gasteiger partial charge >= 0.3 is 0 Å². The summed E-state index contributed by atoms with van der Waals surface area (Å²) in [5.74, 6) is -0.132. The van der Waals surface area contributed by atoms with Gasteiger partial charge in [-0.2, -0.15) is 0 Å². The van der Waals surface area contributed by atoms with Gasteiger partial charge in [0.2, 0.25) is 0 Å². The zero-order valence-electron chi connectivity index (χ0n) is 10.6. The third-order valence-electron chi connectivity index (χ3n) is 4.06. The Morgan fingerprint density at radius 3 is 2.78 bits per heavy atom. The number of benzene rings is 1. The summed E-state index contributed by atoms with van der Waals surface area (Å²) in [7, 11) is 0. The fourth-order valence-electron chi connectivity index (χ4n) is 2.42. The lowest BCUT2D eigenvalue weighted by molar-refractivity contribution is 0.0850. The zero-order chi connectivity index (χ0) is 13.2. The van der Waals surface area contributed by atoms with E-state index in [2.05, 4.69) is 12.2 Å². The van der Waals surface area contributed by atoms with E-state index in [0.717, 1.165) is 13.0 Å². The van der Waals surface area contributed by atoms with Crippen molar-refractivity contribution >= 4 is 23.2 Å². The number of amides is 1. The molecule has 0 saturated heterocycles. The van der Waals surface area contributed by atoms with Crippen LogP contribution in [0.15, 0.2) is 18.2 Å². The molecule has 0 spiro atoms. The first-order valence-electron chi connectivity index (χ1n) is 6.40. The van der Waals surface area contributed by atoms with Gasteiger partial charge in [-0.15, -0.1) is 0 Å². The molecule has 0 bridgehead atoms. The topological polar surface area (TPSA) is 55.1 Å². The van der Waals surface area contributed by atoms with Crippen LogP contribution in [-0.4, -0.2) is 12.5 Å². The van der Waals surface area contributed by atoms with Crippen LogP contribution in [0, 0.1) is 5.41 Å². The minimum absolute atomic E-state index is 0.132. The van der Waals surface area contributed by atoms with Crippen molar-refractivity contribution in [2.45, 2.75) is 32.6 Å². The highest BCUT2D eigenvalue weighted by Crippen LogP contribution is 2.43. The number of hydrogen-bond acceptors (Lipinski definition) is 2. The van der Waals surface area contributed by atoms with E-state index in [1.165, 1.54) is 19.3 Å². The zero-order valence-corrected chi connectivity index (χ0v) is 11.4. The number of nitrogen functional groups attached to an aromatic ring is 1. The van der Waals surface area contributed by atoms with Crippen molar-refractivity contribution in [1.82, 2.24) is 5.32 Å². The molecule has 1 aliphatic rings. The summed E-state index contributed by atoms with van der Waals surface area (Å²) in [6.07, 6.45) is 4.78. The van der Waals surface area contributed by atoms with Crippen LogP contribution < -0.4 is 11.1 Å². The van der Waals surface area contributed by atoms with Crippen molar-refractivity contribution < 1.29 is 4.79 Å². The predicted molar refractivity (Wildman–Crippen MR) is 74.8 cm³/mol. The maximum atomic E-state index is 12.1. The molecule has 98 valence electrons. The third kappa shape index (κ3) is 2.46. The normalized spacial score (nSPS) is 17.0. The quantitative estimate of drug-likeness (QED) is 0.822.